The number of carbonyl (C=O) groups is 1. The normalized spacial score (nSPS) is 12.3. The molecule has 1 aromatic carbocycles. The van der Waals surface area contributed by atoms with Gasteiger partial charge in [0.05, 0.1) is 16.6 Å². The van der Waals surface area contributed by atoms with Gasteiger partial charge in [-0.25, -0.2) is 0 Å². The number of nitrogens with one attached hydrogen (secondary N) is 1. The Morgan fingerprint density at radius 2 is 2.22 bits per heavy atom. The number of rotatable bonds is 5. The molecule has 18 heavy (non-hydrogen) atoms. The number of aliphatic hydroxyl groups is 1. The minimum absolute atomic E-state index is 0.0583. The first-order chi connectivity index (χ1) is 8.50. The quantitative estimate of drug-likeness (QED) is 0.465. The fourth-order valence-corrected chi connectivity index (χ4v) is 1.27. The number of nitro benzene ring substituents is 1. The summed E-state index contributed by atoms with van der Waals surface area (Å²) < 4.78 is 0. The molecular weight excluding hydrogens is 236 g/mol. The molecule has 1 aromatic rings. The lowest BCUT2D eigenvalue weighted by molar-refractivity contribution is -0.385. The highest BCUT2D eigenvalue weighted by molar-refractivity contribution is 5.92. The Morgan fingerprint density at radius 1 is 1.56 bits per heavy atom. The van der Waals surface area contributed by atoms with Gasteiger partial charge in [-0.1, -0.05) is 12.1 Å². The second-order valence-corrected chi connectivity index (χ2v) is 3.74. The minimum Gasteiger partial charge on any atom is -0.392 e. The van der Waals surface area contributed by atoms with Crippen LogP contribution >= 0.6 is 0 Å². The Balaban J connectivity index is 2.72. The highest BCUT2D eigenvalue weighted by atomic mass is 16.6. The van der Waals surface area contributed by atoms with Gasteiger partial charge in [0.1, 0.15) is 0 Å². The largest absolute Gasteiger partial charge is 0.392 e. The summed E-state index contributed by atoms with van der Waals surface area (Å²) >= 11 is 0. The van der Waals surface area contributed by atoms with E-state index in [0.29, 0.717) is 5.56 Å². The first-order valence-electron chi connectivity index (χ1n) is 5.38. The summed E-state index contributed by atoms with van der Waals surface area (Å²) in [7, 11) is 0. The van der Waals surface area contributed by atoms with Gasteiger partial charge >= 0.3 is 0 Å². The third-order valence-electron chi connectivity index (χ3n) is 2.12. The van der Waals surface area contributed by atoms with E-state index in [1.807, 2.05) is 0 Å². The number of benzene rings is 1. The summed E-state index contributed by atoms with van der Waals surface area (Å²) in [5.41, 5.74) is 0.298. The predicted molar refractivity (Wildman–Crippen MR) is 66.8 cm³/mol. The van der Waals surface area contributed by atoms with Crippen molar-refractivity contribution in [2.45, 2.75) is 13.0 Å². The highest BCUT2D eigenvalue weighted by Gasteiger charge is 2.09. The van der Waals surface area contributed by atoms with Crippen LogP contribution in [0.4, 0.5) is 5.69 Å². The molecule has 0 aliphatic carbocycles. The van der Waals surface area contributed by atoms with Gasteiger partial charge in [-0.3, -0.25) is 14.9 Å². The lowest BCUT2D eigenvalue weighted by atomic mass is 10.1. The van der Waals surface area contributed by atoms with Gasteiger partial charge < -0.3 is 10.4 Å². The zero-order valence-electron chi connectivity index (χ0n) is 9.87. The maximum atomic E-state index is 11.3. The van der Waals surface area contributed by atoms with Crippen molar-refractivity contribution in [3.05, 3.63) is 46.0 Å². The molecule has 1 unspecified atom stereocenters. The predicted octanol–water partition coefficient (Wildman–Crippen LogP) is 1.11. The first kappa shape index (κ1) is 13.9. The van der Waals surface area contributed by atoms with Crippen LogP contribution in [0, 0.1) is 10.1 Å². The van der Waals surface area contributed by atoms with E-state index in [4.69, 9.17) is 5.11 Å². The summed E-state index contributed by atoms with van der Waals surface area (Å²) in [6, 6.07) is 6.13. The molecule has 0 fully saturated rings. The molecule has 0 aliphatic heterocycles. The van der Waals surface area contributed by atoms with Crippen molar-refractivity contribution in [2.24, 2.45) is 0 Å². The van der Waals surface area contributed by atoms with Gasteiger partial charge in [-0.2, -0.15) is 0 Å². The van der Waals surface area contributed by atoms with E-state index in [1.54, 1.807) is 25.1 Å². The molecule has 0 aliphatic rings. The van der Waals surface area contributed by atoms with Crippen LogP contribution in [0.1, 0.15) is 12.5 Å². The Bertz CT molecular complexity index is 469. The summed E-state index contributed by atoms with van der Waals surface area (Å²) in [6.07, 6.45) is 1.94. The van der Waals surface area contributed by atoms with Crippen molar-refractivity contribution >= 4 is 17.7 Å². The van der Waals surface area contributed by atoms with Crippen LogP contribution in [0.25, 0.3) is 6.08 Å². The van der Waals surface area contributed by atoms with Gasteiger partial charge in [0.2, 0.25) is 5.91 Å². The summed E-state index contributed by atoms with van der Waals surface area (Å²) in [5.74, 6) is -0.408. The Kier molecular flexibility index (Phi) is 5.01. The Hall–Kier alpha value is -2.21. The molecule has 0 saturated carbocycles. The Morgan fingerprint density at radius 3 is 2.83 bits per heavy atom. The zero-order valence-corrected chi connectivity index (χ0v) is 9.87. The van der Waals surface area contributed by atoms with Crippen molar-refractivity contribution in [1.82, 2.24) is 5.32 Å². The molecule has 0 aromatic heterocycles. The molecule has 6 nitrogen and oxygen atoms in total. The molecule has 1 rings (SSSR count). The van der Waals surface area contributed by atoms with Crippen LogP contribution < -0.4 is 5.32 Å². The number of carbonyl (C=O) groups excluding carboxylic acids is 1. The maximum absolute atomic E-state index is 11.3. The number of hydrogen-bond acceptors (Lipinski definition) is 4. The van der Waals surface area contributed by atoms with E-state index in [1.165, 1.54) is 18.2 Å². The highest BCUT2D eigenvalue weighted by Crippen LogP contribution is 2.18. The number of hydrogen-bond donors (Lipinski definition) is 2. The zero-order chi connectivity index (χ0) is 13.5. The van der Waals surface area contributed by atoms with Gasteiger partial charge in [-0.15, -0.1) is 0 Å². The molecular formula is C12H14N2O4. The molecule has 0 spiro atoms. The van der Waals surface area contributed by atoms with Gasteiger partial charge in [0.25, 0.3) is 5.69 Å². The fraction of sp³-hybridized carbons (Fsp3) is 0.250. The van der Waals surface area contributed by atoms with Crippen molar-refractivity contribution in [3.8, 4) is 0 Å². The lowest BCUT2D eigenvalue weighted by Gasteiger charge is -2.03. The van der Waals surface area contributed by atoms with E-state index < -0.39 is 16.9 Å². The minimum atomic E-state index is -0.631. The van der Waals surface area contributed by atoms with Gasteiger partial charge in [0, 0.05) is 18.7 Å². The van der Waals surface area contributed by atoms with Crippen LogP contribution in [-0.4, -0.2) is 28.6 Å². The first-order valence-corrected chi connectivity index (χ1v) is 5.38. The summed E-state index contributed by atoms with van der Waals surface area (Å²) in [4.78, 5) is 21.5. The number of nitro groups is 1. The number of para-hydroxylation sites is 1. The molecule has 0 bridgehead atoms. The van der Waals surface area contributed by atoms with Crippen LogP contribution in [0.15, 0.2) is 30.3 Å². The van der Waals surface area contributed by atoms with Crippen LogP contribution in [0.2, 0.25) is 0 Å². The molecule has 0 heterocycles. The van der Waals surface area contributed by atoms with Crippen LogP contribution in [-0.2, 0) is 4.79 Å². The van der Waals surface area contributed by atoms with Crippen LogP contribution in [0.5, 0.6) is 0 Å². The van der Waals surface area contributed by atoms with E-state index in [-0.39, 0.29) is 12.2 Å². The fourth-order valence-electron chi connectivity index (χ4n) is 1.27. The lowest BCUT2D eigenvalue weighted by Crippen LogP contribution is -2.28. The smallest absolute Gasteiger partial charge is 0.276 e. The van der Waals surface area contributed by atoms with Crippen molar-refractivity contribution in [2.75, 3.05) is 6.54 Å². The van der Waals surface area contributed by atoms with E-state index in [0.717, 1.165) is 0 Å². The molecule has 6 heteroatoms. The second kappa shape index (κ2) is 6.51. The molecule has 0 saturated heterocycles. The Labute approximate surface area is 104 Å². The van der Waals surface area contributed by atoms with E-state index in [2.05, 4.69) is 5.32 Å². The van der Waals surface area contributed by atoms with Gasteiger partial charge in [-0.05, 0) is 19.1 Å². The second-order valence-electron chi connectivity index (χ2n) is 3.74. The summed E-state index contributed by atoms with van der Waals surface area (Å²) in [5, 5.41) is 22.2. The summed E-state index contributed by atoms with van der Waals surface area (Å²) in [6.45, 7) is 1.69. The number of nitrogens with zero attached hydrogens (tertiary/aromatic N) is 1. The standard InChI is InChI=1S/C12H14N2O4/c1-9(15)8-13-12(16)7-6-10-4-2-3-5-11(10)14(17)18/h2-7,9,15H,8H2,1H3,(H,13,16)/b7-6+. The maximum Gasteiger partial charge on any atom is 0.276 e. The van der Waals surface area contributed by atoms with E-state index >= 15 is 0 Å². The average Bonchev–Trinajstić information content (AvgIpc) is 2.34. The number of amides is 1. The van der Waals surface area contributed by atoms with E-state index in [9.17, 15) is 14.9 Å². The van der Waals surface area contributed by atoms with Crippen molar-refractivity contribution in [3.63, 3.8) is 0 Å². The number of aliphatic hydroxyl groups excluding tert-OH is 1. The average molecular weight is 250 g/mol. The van der Waals surface area contributed by atoms with Crippen LogP contribution in [0.3, 0.4) is 0 Å². The van der Waals surface area contributed by atoms with Crippen molar-refractivity contribution < 1.29 is 14.8 Å². The third kappa shape index (κ3) is 4.34. The SMILES string of the molecule is CC(O)CNC(=O)/C=C/c1ccccc1[N+](=O)[O-]. The molecule has 1 amide bonds. The molecule has 96 valence electrons. The molecule has 0 radical (unpaired) electrons. The molecule has 2 N–H and O–H groups in total. The van der Waals surface area contributed by atoms with Crippen molar-refractivity contribution in [1.29, 1.82) is 0 Å². The monoisotopic (exact) mass is 250 g/mol. The topological polar surface area (TPSA) is 92.5 Å². The third-order valence-corrected chi connectivity index (χ3v) is 2.12. The molecule has 1 atom stereocenters. The van der Waals surface area contributed by atoms with Gasteiger partial charge in [0.15, 0.2) is 0 Å².